The molecule has 0 amide bonds. The Labute approximate surface area is 133 Å². The van der Waals surface area contributed by atoms with Crippen molar-refractivity contribution in [2.75, 3.05) is 25.1 Å². The van der Waals surface area contributed by atoms with Crippen LogP contribution in [0.2, 0.25) is 0 Å². The molecule has 2 aromatic heterocycles. The summed E-state index contributed by atoms with van der Waals surface area (Å²) in [5.74, 6) is 0.673. The average Bonchev–Trinajstić information content (AvgIpc) is 3.03. The zero-order valence-corrected chi connectivity index (χ0v) is 12.8. The Morgan fingerprint density at radius 3 is 2.87 bits per heavy atom. The number of hydrogen-bond acceptors (Lipinski definition) is 7. The van der Waals surface area contributed by atoms with Gasteiger partial charge in [0.15, 0.2) is 11.5 Å². The zero-order chi connectivity index (χ0) is 16.1. The van der Waals surface area contributed by atoms with Crippen molar-refractivity contribution in [1.29, 1.82) is 0 Å². The van der Waals surface area contributed by atoms with Crippen LogP contribution in [0, 0.1) is 0 Å². The molecular weight excluding hydrogens is 296 g/mol. The minimum atomic E-state index is -0.616. The molecule has 8 heteroatoms. The van der Waals surface area contributed by atoms with Crippen LogP contribution in [-0.4, -0.2) is 56.7 Å². The first kappa shape index (κ1) is 15.3. The summed E-state index contributed by atoms with van der Waals surface area (Å²) in [6, 6.07) is 13.4. The summed E-state index contributed by atoms with van der Waals surface area (Å²) >= 11 is 0. The molecule has 3 aromatic rings. The van der Waals surface area contributed by atoms with E-state index in [1.165, 1.54) is 4.63 Å². The van der Waals surface area contributed by atoms with Gasteiger partial charge in [0.1, 0.15) is 0 Å². The molecule has 0 bridgehead atoms. The predicted molar refractivity (Wildman–Crippen MR) is 84.0 cm³/mol. The SMILES string of the molecule is CN(C[C@@H](O)COCc1ccccc1)c1ccc2nnnn2n1. The maximum absolute atomic E-state index is 10.1. The third-order valence-electron chi connectivity index (χ3n) is 3.35. The van der Waals surface area contributed by atoms with Gasteiger partial charge < -0.3 is 14.7 Å². The van der Waals surface area contributed by atoms with E-state index in [-0.39, 0.29) is 6.61 Å². The number of benzene rings is 1. The van der Waals surface area contributed by atoms with Crippen LogP contribution in [-0.2, 0) is 11.3 Å². The molecule has 0 aliphatic carbocycles. The van der Waals surface area contributed by atoms with E-state index in [2.05, 4.69) is 20.6 Å². The average molecular weight is 314 g/mol. The van der Waals surface area contributed by atoms with Crippen LogP contribution in [0.4, 0.5) is 5.82 Å². The topological polar surface area (TPSA) is 88.7 Å². The lowest BCUT2D eigenvalue weighted by atomic mass is 10.2. The zero-order valence-electron chi connectivity index (χ0n) is 12.8. The standard InChI is InChI=1S/C15H18N6O2/c1-20(15-8-7-14-16-18-19-21(14)17-15)9-13(22)11-23-10-12-5-3-2-4-6-12/h2-8,13,22H,9-11H2,1H3/t13-/m1/s1. The molecule has 0 fully saturated rings. The largest absolute Gasteiger partial charge is 0.389 e. The lowest BCUT2D eigenvalue weighted by molar-refractivity contribution is 0.0324. The number of likely N-dealkylation sites (N-methyl/N-ethyl adjacent to an activating group) is 1. The number of hydrogen-bond donors (Lipinski definition) is 1. The quantitative estimate of drug-likeness (QED) is 0.680. The Balaban J connectivity index is 1.49. The van der Waals surface area contributed by atoms with E-state index in [0.29, 0.717) is 24.6 Å². The Hall–Kier alpha value is -2.58. The van der Waals surface area contributed by atoms with Crippen molar-refractivity contribution in [3.63, 3.8) is 0 Å². The summed E-state index contributed by atoms with van der Waals surface area (Å²) in [6.07, 6.45) is -0.616. The summed E-state index contributed by atoms with van der Waals surface area (Å²) < 4.78 is 6.89. The molecule has 1 aromatic carbocycles. The van der Waals surface area contributed by atoms with Crippen LogP contribution in [0.25, 0.3) is 5.65 Å². The first-order chi connectivity index (χ1) is 11.2. The number of tetrazole rings is 1. The number of aromatic nitrogens is 5. The van der Waals surface area contributed by atoms with Gasteiger partial charge in [0, 0.05) is 13.6 Å². The van der Waals surface area contributed by atoms with Crippen molar-refractivity contribution >= 4 is 11.5 Å². The van der Waals surface area contributed by atoms with E-state index in [9.17, 15) is 5.11 Å². The van der Waals surface area contributed by atoms with E-state index >= 15 is 0 Å². The highest BCUT2D eigenvalue weighted by Crippen LogP contribution is 2.09. The number of anilines is 1. The summed E-state index contributed by atoms with van der Waals surface area (Å²) in [5, 5.41) is 25.5. The molecule has 8 nitrogen and oxygen atoms in total. The van der Waals surface area contributed by atoms with Crippen LogP contribution in [0.1, 0.15) is 5.56 Å². The fourth-order valence-electron chi connectivity index (χ4n) is 2.19. The normalized spacial score (nSPS) is 12.4. The number of aliphatic hydroxyl groups excluding tert-OH is 1. The van der Waals surface area contributed by atoms with Crippen molar-refractivity contribution in [3.05, 3.63) is 48.0 Å². The van der Waals surface area contributed by atoms with Crippen LogP contribution < -0.4 is 4.90 Å². The minimum Gasteiger partial charge on any atom is -0.389 e. The van der Waals surface area contributed by atoms with Gasteiger partial charge in [-0.1, -0.05) is 30.3 Å². The number of ether oxygens (including phenoxy) is 1. The Morgan fingerprint density at radius 2 is 2.04 bits per heavy atom. The van der Waals surface area contributed by atoms with E-state index in [4.69, 9.17) is 4.74 Å². The summed E-state index contributed by atoms with van der Waals surface area (Å²) in [4.78, 5) is 1.83. The third kappa shape index (κ3) is 3.99. The molecule has 23 heavy (non-hydrogen) atoms. The highest BCUT2D eigenvalue weighted by Gasteiger charge is 2.11. The lowest BCUT2D eigenvalue weighted by Crippen LogP contribution is -2.32. The van der Waals surface area contributed by atoms with Gasteiger partial charge in [0.2, 0.25) is 0 Å². The second kappa shape index (κ2) is 7.12. The monoisotopic (exact) mass is 314 g/mol. The molecule has 1 N–H and O–H groups in total. The van der Waals surface area contributed by atoms with E-state index in [1.807, 2.05) is 48.3 Å². The van der Waals surface area contributed by atoms with E-state index in [0.717, 1.165) is 5.56 Å². The van der Waals surface area contributed by atoms with Crippen molar-refractivity contribution in [2.45, 2.75) is 12.7 Å². The molecule has 0 saturated heterocycles. The van der Waals surface area contributed by atoms with Gasteiger partial charge in [-0.25, -0.2) is 0 Å². The fraction of sp³-hybridized carbons (Fsp3) is 0.333. The van der Waals surface area contributed by atoms with Crippen LogP contribution >= 0.6 is 0 Å². The van der Waals surface area contributed by atoms with Crippen LogP contribution in [0.15, 0.2) is 42.5 Å². The Kier molecular flexibility index (Phi) is 4.74. The molecule has 3 rings (SSSR count). The molecule has 0 aliphatic rings. The number of fused-ring (bicyclic) bond motifs is 1. The van der Waals surface area contributed by atoms with E-state index in [1.54, 1.807) is 6.07 Å². The van der Waals surface area contributed by atoms with Crippen LogP contribution in [0.3, 0.4) is 0 Å². The molecule has 0 unspecified atom stereocenters. The Morgan fingerprint density at radius 1 is 1.22 bits per heavy atom. The summed E-state index contributed by atoms with van der Waals surface area (Å²) in [7, 11) is 1.85. The highest BCUT2D eigenvalue weighted by molar-refractivity contribution is 5.43. The maximum atomic E-state index is 10.1. The molecule has 120 valence electrons. The van der Waals surface area contributed by atoms with Crippen molar-refractivity contribution in [1.82, 2.24) is 25.3 Å². The Bertz CT molecular complexity index is 748. The van der Waals surface area contributed by atoms with Gasteiger partial charge >= 0.3 is 0 Å². The predicted octanol–water partition coefficient (Wildman–Crippen LogP) is 0.533. The summed E-state index contributed by atoms with van der Waals surface area (Å²) in [6.45, 7) is 1.14. The molecule has 0 radical (unpaired) electrons. The molecular formula is C15H18N6O2. The van der Waals surface area contributed by atoms with E-state index < -0.39 is 6.10 Å². The lowest BCUT2D eigenvalue weighted by Gasteiger charge is -2.21. The second-order valence-electron chi connectivity index (χ2n) is 5.25. The molecule has 1 atom stereocenters. The van der Waals surface area contributed by atoms with Crippen molar-refractivity contribution in [2.24, 2.45) is 0 Å². The van der Waals surface area contributed by atoms with Gasteiger partial charge in [-0.15, -0.1) is 14.8 Å². The highest BCUT2D eigenvalue weighted by atomic mass is 16.5. The maximum Gasteiger partial charge on any atom is 0.200 e. The van der Waals surface area contributed by atoms with Gasteiger partial charge in [0.05, 0.1) is 19.3 Å². The minimum absolute atomic E-state index is 0.256. The van der Waals surface area contributed by atoms with Gasteiger partial charge in [-0.2, -0.15) is 0 Å². The van der Waals surface area contributed by atoms with Crippen molar-refractivity contribution in [3.8, 4) is 0 Å². The van der Waals surface area contributed by atoms with Crippen LogP contribution in [0.5, 0.6) is 0 Å². The smallest absolute Gasteiger partial charge is 0.200 e. The third-order valence-corrected chi connectivity index (χ3v) is 3.35. The fourth-order valence-corrected chi connectivity index (χ4v) is 2.19. The number of aliphatic hydroxyl groups is 1. The van der Waals surface area contributed by atoms with Gasteiger partial charge in [0.25, 0.3) is 0 Å². The van der Waals surface area contributed by atoms with Crippen molar-refractivity contribution < 1.29 is 9.84 Å². The first-order valence-electron chi connectivity index (χ1n) is 7.28. The number of nitrogens with zero attached hydrogens (tertiary/aromatic N) is 6. The summed E-state index contributed by atoms with van der Waals surface area (Å²) in [5.41, 5.74) is 1.66. The van der Waals surface area contributed by atoms with Gasteiger partial charge in [-0.3, -0.25) is 0 Å². The number of rotatable bonds is 7. The molecule has 0 spiro atoms. The van der Waals surface area contributed by atoms with Gasteiger partial charge in [-0.05, 0) is 28.1 Å². The molecule has 0 saturated carbocycles. The molecule has 0 aliphatic heterocycles. The molecule has 2 heterocycles. The first-order valence-corrected chi connectivity index (χ1v) is 7.28. The second-order valence-corrected chi connectivity index (χ2v) is 5.25.